The number of carbonyl (C=O) groups is 5. The molecule has 0 radical (unpaired) electrons. The number of benzene rings is 2. The molecule has 0 bridgehead atoms. The molecule has 7 fully saturated rings. The summed E-state index contributed by atoms with van der Waals surface area (Å²) < 4.78 is 17.2. The number of hydrogen-bond acceptors (Lipinski definition) is 11. The molecular formula is C58H66FN11O5. The Kier molecular flexibility index (Phi) is 12.0. The molecule has 3 atom stereocenters. The van der Waals surface area contributed by atoms with E-state index in [1.54, 1.807) is 30.7 Å². The molecule has 9 heterocycles. The van der Waals surface area contributed by atoms with Gasteiger partial charge in [-0.1, -0.05) is 36.8 Å². The van der Waals surface area contributed by atoms with Crippen molar-refractivity contribution in [1.29, 1.82) is 0 Å². The van der Waals surface area contributed by atoms with Crippen LogP contribution in [0.5, 0.6) is 0 Å². The van der Waals surface area contributed by atoms with Crippen LogP contribution in [-0.4, -0.2) is 128 Å². The van der Waals surface area contributed by atoms with Crippen molar-refractivity contribution in [3.05, 3.63) is 90.1 Å². The highest BCUT2D eigenvalue weighted by Gasteiger charge is 2.62. The highest BCUT2D eigenvalue weighted by Crippen LogP contribution is 2.56. The molecule has 2 aromatic carbocycles. The van der Waals surface area contributed by atoms with Crippen LogP contribution in [0.3, 0.4) is 0 Å². The average molecular weight is 1020 g/mol. The van der Waals surface area contributed by atoms with Gasteiger partial charge >= 0.3 is 0 Å². The zero-order chi connectivity index (χ0) is 51.3. The first-order valence-corrected chi connectivity index (χ1v) is 27.7. The Balaban J connectivity index is 0.678. The predicted octanol–water partition coefficient (Wildman–Crippen LogP) is 7.32. The average Bonchev–Trinajstić information content (AvgIpc) is 3.68. The van der Waals surface area contributed by atoms with E-state index in [0.29, 0.717) is 88.2 Å². The molecule has 2 aliphatic carbocycles. The number of rotatable bonds is 10. The van der Waals surface area contributed by atoms with Gasteiger partial charge in [0.15, 0.2) is 5.82 Å². The fourth-order valence-corrected chi connectivity index (χ4v) is 14.1. The number of nitrogens with zero attached hydrogens (tertiary/aromatic N) is 9. The van der Waals surface area contributed by atoms with Crippen LogP contribution >= 0.6 is 0 Å². The second kappa shape index (κ2) is 18.8. The highest BCUT2D eigenvalue weighted by atomic mass is 19.1. The number of amides is 5. The number of likely N-dealkylation sites (tertiary alicyclic amines) is 3. The van der Waals surface area contributed by atoms with Gasteiger partial charge in [-0.15, -0.1) is 0 Å². The quantitative estimate of drug-likeness (QED) is 0.135. The molecular weight excluding hydrogens is 950 g/mol. The lowest BCUT2D eigenvalue weighted by atomic mass is 9.73. The normalized spacial score (nSPS) is 26.7. The Morgan fingerprint density at radius 3 is 2.28 bits per heavy atom. The van der Waals surface area contributed by atoms with Crippen LogP contribution in [0.1, 0.15) is 108 Å². The molecule has 390 valence electrons. The zero-order valence-electron chi connectivity index (χ0n) is 42.9. The van der Waals surface area contributed by atoms with Crippen LogP contribution in [0, 0.1) is 29.5 Å². The van der Waals surface area contributed by atoms with Crippen molar-refractivity contribution in [1.82, 2.24) is 39.5 Å². The van der Waals surface area contributed by atoms with Crippen molar-refractivity contribution in [3.63, 3.8) is 0 Å². The molecule has 5 saturated heterocycles. The molecule has 6 aliphatic heterocycles. The number of piperidine rings is 5. The summed E-state index contributed by atoms with van der Waals surface area (Å²) in [6, 6.07) is 19.4. The smallest absolute Gasteiger partial charge is 0.238 e. The van der Waals surface area contributed by atoms with E-state index < -0.39 is 5.41 Å². The van der Waals surface area contributed by atoms with E-state index in [9.17, 15) is 19.2 Å². The van der Waals surface area contributed by atoms with E-state index in [1.165, 1.54) is 25.3 Å². The summed E-state index contributed by atoms with van der Waals surface area (Å²) in [5.74, 6) is 0.767. The molecule has 1 spiro atoms. The molecule has 8 aliphatic rings. The summed E-state index contributed by atoms with van der Waals surface area (Å²) in [7, 11) is 0. The molecule has 2 saturated carbocycles. The number of para-hydroxylation sites is 1. The Labute approximate surface area is 436 Å². The van der Waals surface area contributed by atoms with Crippen molar-refractivity contribution in [3.8, 4) is 11.3 Å². The van der Waals surface area contributed by atoms with E-state index in [1.807, 2.05) is 32.6 Å². The number of imide groups is 1. The molecule has 2 N–H and O–H groups in total. The summed E-state index contributed by atoms with van der Waals surface area (Å²) in [5.41, 5.74) is 5.41. The van der Waals surface area contributed by atoms with Gasteiger partial charge in [-0.25, -0.2) is 19.3 Å². The lowest BCUT2D eigenvalue weighted by Crippen LogP contribution is -2.58. The fourth-order valence-electron chi connectivity index (χ4n) is 14.1. The summed E-state index contributed by atoms with van der Waals surface area (Å²) >= 11 is 0. The molecule has 3 aromatic heterocycles. The third-order valence-corrected chi connectivity index (χ3v) is 18.6. The lowest BCUT2D eigenvalue weighted by Gasteiger charge is -2.48. The van der Waals surface area contributed by atoms with Gasteiger partial charge in [-0.2, -0.15) is 0 Å². The molecule has 16 nitrogen and oxygen atoms in total. The van der Waals surface area contributed by atoms with E-state index >= 15 is 9.18 Å². The number of pyridine rings is 2. The van der Waals surface area contributed by atoms with Crippen molar-refractivity contribution >= 4 is 63.6 Å². The minimum Gasteiger partial charge on any atom is -0.357 e. The molecule has 5 aromatic rings. The van der Waals surface area contributed by atoms with Gasteiger partial charge in [0.05, 0.1) is 34.6 Å². The van der Waals surface area contributed by atoms with Gasteiger partial charge in [0.2, 0.25) is 29.5 Å². The fraction of sp³-hybridized carbons (Fsp3) is 0.517. The first-order chi connectivity index (χ1) is 36.4. The van der Waals surface area contributed by atoms with Crippen molar-refractivity contribution in [2.75, 3.05) is 67.5 Å². The molecule has 5 amide bonds. The molecule has 75 heavy (non-hydrogen) atoms. The van der Waals surface area contributed by atoms with Crippen LogP contribution in [-0.2, 0) is 29.4 Å². The summed E-state index contributed by atoms with van der Waals surface area (Å²) in [5, 5.41) is 5.71. The van der Waals surface area contributed by atoms with Gasteiger partial charge in [0.25, 0.3) is 0 Å². The number of carbonyl (C=O) groups excluding carboxylic acids is 5. The number of fused-ring (bicyclic) bond motifs is 4. The minimum absolute atomic E-state index is 0.0680. The predicted molar refractivity (Wildman–Crippen MR) is 282 cm³/mol. The Hall–Kier alpha value is -6.75. The summed E-state index contributed by atoms with van der Waals surface area (Å²) in [4.78, 5) is 93.0. The van der Waals surface area contributed by atoms with Crippen LogP contribution in [0.4, 0.5) is 27.4 Å². The third kappa shape index (κ3) is 8.34. The van der Waals surface area contributed by atoms with Crippen molar-refractivity contribution < 1.29 is 28.4 Å². The van der Waals surface area contributed by atoms with Gasteiger partial charge < -0.3 is 34.4 Å². The van der Waals surface area contributed by atoms with Gasteiger partial charge in [-0.3, -0.25) is 29.3 Å². The number of imidazole rings is 1. The number of halogens is 1. The highest BCUT2D eigenvalue weighted by molar-refractivity contribution is 6.10. The van der Waals surface area contributed by atoms with E-state index in [-0.39, 0.29) is 77.0 Å². The van der Waals surface area contributed by atoms with Crippen LogP contribution in [0.2, 0.25) is 0 Å². The van der Waals surface area contributed by atoms with Gasteiger partial charge in [0.1, 0.15) is 17.2 Å². The van der Waals surface area contributed by atoms with Gasteiger partial charge in [0, 0.05) is 93.1 Å². The Morgan fingerprint density at radius 2 is 1.57 bits per heavy atom. The van der Waals surface area contributed by atoms with Crippen LogP contribution in [0.15, 0.2) is 73.2 Å². The summed E-state index contributed by atoms with van der Waals surface area (Å²) in [6.45, 7) is 10.1. The Morgan fingerprint density at radius 1 is 0.813 bits per heavy atom. The van der Waals surface area contributed by atoms with Crippen molar-refractivity contribution in [2.45, 2.75) is 114 Å². The van der Waals surface area contributed by atoms with Crippen LogP contribution in [0.25, 0.3) is 22.3 Å². The molecule has 13 rings (SSSR count). The first kappa shape index (κ1) is 47.9. The third-order valence-electron chi connectivity index (χ3n) is 18.6. The number of aromatic nitrogens is 4. The van der Waals surface area contributed by atoms with E-state index in [0.717, 1.165) is 78.0 Å². The van der Waals surface area contributed by atoms with E-state index in [4.69, 9.17) is 9.97 Å². The number of anilines is 4. The topological polar surface area (TPSA) is 169 Å². The standard InChI is InChI=1S/C58H66FN11O5/c1-34(2)69-33-61-47-29-46(63-53(52(47)69)62-45-9-5-4-8-44(45)59)36-10-13-43-48(26-36)70(39-27-38(28-39)65-20-6-3-7-21-65)57(75)58(43)18-24-67(25-19-58)56(74)51-41-31-68(32-42(41)51)55(73)35-16-22-66(23-17-35)49-14-11-37(30-60-49)40-12-15-50(71)64-54(40)72/h4-5,8-11,13-14,26,29-30,33-35,38-42,51H,3,6-7,12,15-25,27-28,31-32H2,1-2H3,(H,62,63)(H,64,71,72)/t38?,39?,40-,41?,42?,51?/m1/s1. The second-order valence-corrected chi connectivity index (χ2v) is 23.1. The maximum absolute atomic E-state index is 15.3. The maximum Gasteiger partial charge on any atom is 0.238 e. The SMILES string of the molecule is CC(C)n1cnc2cc(-c3ccc4c(c3)N(C3CC(N5CCCCC5)C3)C(=O)C43CCN(C(=O)C4C5CN(C(=O)C6CCN(c7ccc([C@H]8CCC(=O)NC8=O)cn7)CC6)CC54)CC3)nc(Nc3ccccc3F)c21. The summed E-state index contributed by atoms with van der Waals surface area (Å²) in [6.07, 6.45) is 12.5. The maximum atomic E-state index is 15.3. The molecule has 2 unspecified atom stereocenters. The zero-order valence-corrected chi connectivity index (χ0v) is 42.9. The van der Waals surface area contributed by atoms with E-state index in [2.05, 4.69) is 62.4 Å². The number of hydrogen-bond donors (Lipinski definition) is 2. The monoisotopic (exact) mass is 1020 g/mol. The minimum atomic E-state index is -0.737. The first-order valence-electron chi connectivity index (χ1n) is 27.7. The lowest BCUT2D eigenvalue weighted by molar-refractivity contribution is -0.140. The number of nitrogens with one attached hydrogen (secondary N) is 2. The van der Waals surface area contributed by atoms with Crippen molar-refractivity contribution in [2.24, 2.45) is 23.7 Å². The Bertz CT molecular complexity index is 3080. The second-order valence-electron chi connectivity index (χ2n) is 23.1. The molecule has 17 heteroatoms. The largest absolute Gasteiger partial charge is 0.357 e. The van der Waals surface area contributed by atoms with Gasteiger partial charge in [-0.05, 0) is 138 Å². The van der Waals surface area contributed by atoms with Crippen LogP contribution < -0.4 is 20.4 Å².